The molecular weight excluding hydrogens is 210 g/mol. The molecule has 2 heterocycles. The lowest BCUT2D eigenvalue weighted by atomic mass is 10.2. The van der Waals surface area contributed by atoms with E-state index in [4.69, 9.17) is 4.74 Å². The van der Waals surface area contributed by atoms with Gasteiger partial charge in [0, 0.05) is 7.05 Å². The predicted molar refractivity (Wildman–Crippen MR) is 54.5 cm³/mol. The first-order valence-electron chi connectivity index (χ1n) is 4.78. The second-order valence-electron chi connectivity index (χ2n) is 3.13. The highest BCUT2D eigenvalue weighted by Crippen LogP contribution is 2.18. The zero-order chi connectivity index (χ0) is 11.5. The SMILES string of the molecule is CCOC(=O)c1n[nH]nc1-c1cncn1C. The maximum atomic E-state index is 11.6. The molecule has 0 atom stereocenters. The third-order valence-corrected chi connectivity index (χ3v) is 2.08. The van der Waals surface area contributed by atoms with Gasteiger partial charge in [-0.3, -0.25) is 0 Å². The van der Waals surface area contributed by atoms with Crippen LogP contribution in [0.2, 0.25) is 0 Å². The van der Waals surface area contributed by atoms with Crippen LogP contribution in [0, 0.1) is 0 Å². The molecule has 0 fully saturated rings. The number of nitrogens with zero attached hydrogens (tertiary/aromatic N) is 4. The van der Waals surface area contributed by atoms with Crippen molar-refractivity contribution in [1.29, 1.82) is 0 Å². The van der Waals surface area contributed by atoms with Crippen LogP contribution in [0.4, 0.5) is 0 Å². The van der Waals surface area contributed by atoms with Crippen LogP contribution in [0.1, 0.15) is 17.4 Å². The molecule has 7 nitrogen and oxygen atoms in total. The molecular formula is C9H11N5O2. The van der Waals surface area contributed by atoms with Gasteiger partial charge in [0.1, 0.15) is 5.69 Å². The molecule has 16 heavy (non-hydrogen) atoms. The number of aromatic amines is 1. The summed E-state index contributed by atoms with van der Waals surface area (Å²) in [5.74, 6) is -0.493. The summed E-state index contributed by atoms with van der Waals surface area (Å²) < 4.78 is 6.62. The van der Waals surface area contributed by atoms with Crippen LogP contribution in [0.5, 0.6) is 0 Å². The lowest BCUT2D eigenvalue weighted by Gasteiger charge is -2.01. The van der Waals surface area contributed by atoms with E-state index in [1.54, 1.807) is 24.0 Å². The molecule has 0 spiro atoms. The summed E-state index contributed by atoms with van der Waals surface area (Å²) in [4.78, 5) is 15.5. The van der Waals surface area contributed by atoms with E-state index in [0.29, 0.717) is 18.0 Å². The van der Waals surface area contributed by atoms with Crippen LogP contribution in [-0.2, 0) is 11.8 Å². The van der Waals surface area contributed by atoms with Crippen LogP contribution in [0.15, 0.2) is 12.5 Å². The molecule has 0 radical (unpaired) electrons. The minimum atomic E-state index is -0.493. The highest BCUT2D eigenvalue weighted by atomic mass is 16.5. The van der Waals surface area contributed by atoms with Crippen LogP contribution in [0.3, 0.4) is 0 Å². The van der Waals surface area contributed by atoms with Crippen molar-refractivity contribution >= 4 is 5.97 Å². The fraction of sp³-hybridized carbons (Fsp3) is 0.333. The van der Waals surface area contributed by atoms with E-state index < -0.39 is 5.97 Å². The van der Waals surface area contributed by atoms with Crippen molar-refractivity contribution in [2.45, 2.75) is 6.92 Å². The largest absolute Gasteiger partial charge is 0.461 e. The van der Waals surface area contributed by atoms with Gasteiger partial charge in [-0.2, -0.15) is 10.3 Å². The maximum absolute atomic E-state index is 11.6. The molecule has 0 aromatic carbocycles. The maximum Gasteiger partial charge on any atom is 0.361 e. The van der Waals surface area contributed by atoms with Crippen LogP contribution >= 0.6 is 0 Å². The van der Waals surface area contributed by atoms with Gasteiger partial charge in [-0.05, 0) is 6.92 Å². The Labute approximate surface area is 91.4 Å². The molecule has 0 saturated carbocycles. The Morgan fingerprint density at radius 2 is 2.38 bits per heavy atom. The first-order valence-corrected chi connectivity index (χ1v) is 4.78. The molecule has 2 aromatic rings. The number of ether oxygens (including phenoxy) is 1. The normalized spacial score (nSPS) is 10.4. The molecule has 7 heteroatoms. The van der Waals surface area contributed by atoms with E-state index in [9.17, 15) is 4.79 Å². The molecule has 0 aliphatic rings. The molecule has 1 N–H and O–H groups in total. The van der Waals surface area contributed by atoms with Gasteiger partial charge in [0.2, 0.25) is 0 Å². The van der Waals surface area contributed by atoms with Crippen LogP contribution in [-0.4, -0.2) is 37.5 Å². The number of esters is 1. The number of hydrogen-bond donors (Lipinski definition) is 1. The highest BCUT2D eigenvalue weighted by Gasteiger charge is 2.20. The van der Waals surface area contributed by atoms with Crippen molar-refractivity contribution in [2.75, 3.05) is 6.61 Å². The topological polar surface area (TPSA) is 85.7 Å². The van der Waals surface area contributed by atoms with Crippen LogP contribution in [0.25, 0.3) is 11.4 Å². The second kappa shape index (κ2) is 4.13. The third kappa shape index (κ3) is 1.67. The number of aryl methyl sites for hydroxylation is 1. The number of carbonyl (C=O) groups excluding carboxylic acids is 1. The Hall–Kier alpha value is -2.18. The number of rotatable bonds is 3. The minimum absolute atomic E-state index is 0.172. The van der Waals surface area contributed by atoms with Gasteiger partial charge < -0.3 is 9.30 Å². The molecule has 2 aromatic heterocycles. The van der Waals surface area contributed by atoms with Gasteiger partial charge in [-0.1, -0.05) is 0 Å². The Bertz CT molecular complexity index is 501. The van der Waals surface area contributed by atoms with Crippen molar-refractivity contribution < 1.29 is 9.53 Å². The third-order valence-electron chi connectivity index (χ3n) is 2.08. The highest BCUT2D eigenvalue weighted by molar-refractivity contribution is 5.93. The van der Waals surface area contributed by atoms with E-state index in [2.05, 4.69) is 20.4 Å². The Morgan fingerprint density at radius 3 is 3.00 bits per heavy atom. The minimum Gasteiger partial charge on any atom is -0.461 e. The average Bonchev–Trinajstić information content (AvgIpc) is 2.85. The lowest BCUT2D eigenvalue weighted by Crippen LogP contribution is -2.07. The van der Waals surface area contributed by atoms with Gasteiger partial charge in [0.05, 0.1) is 24.8 Å². The number of carbonyl (C=O) groups is 1. The van der Waals surface area contributed by atoms with Gasteiger partial charge in [-0.25, -0.2) is 9.78 Å². The van der Waals surface area contributed by atoms with Crippen molar-refractivity contribution in [3.05, 3.63) is 18.2 Å². The van der Waals surface area contributed by atoms with Crippen molar-refractivity contribution in [3.8, 4) is 11.4 Å². The zero-order valence-electron chi connectivity index (χ0n) is 8.97. The van der Waals surface area contributed by atoms with Crippen molar-refractivity contribution in [2.24, 2.45) is 7.05 Å². The van der Waals surface area contributed by atoms with E-state index in [1.165, 1.54) is 0 Å². The molecule has 0 saturated heterocycles. The second-order valence-corrected chi connectivity index (χ2v) is 3.13. The van der Waals surface area contributed by atoms with E-state index >= 15 is 0 Å². The fourth-order valence-electron chi connectivity index (χ4n) is 1.34. The molecule has 0 bridgehead atoms. The Balaban J connectivity index is 2.40. The molecule has 0 unspecified atom stereocenters. The summed E-state index contributed by atoms with van der Waals surface area (Å²) >= 11 is 0. The summed E-state index contributed by atoms with van der Waals surface area (Å²) in [5, 5.41) is 10.1. The predicted octanol–water partition coefficient (Wildman–Crippen LogP) is 0.382. The van der Waals surface area contributed by atoms with Gasteiger partial charge in [0.25, 0.3) is 0 Å². The number of hydrogen-bond acceptors (Lipinski definition) is 5. The fourth-order valence-corrected chi connectivity index (χ4v) is 1.34. The quantitative estimate of drug-likeness (QED) is 0.757. The number of imidazole rings is 1. The summed E-state index contributed by atoms with van der Waals surface area (Å²) in [7, 11) is 1.81. The Kier molecular flexibility index (Phi) is 2.67. The van der Waals surface area contributed by atoms with Crippen molar-refractivity contribution in [3.63, 3.8) is 0 Å². The molecule has 2 rings (SSSR count). The zero-order valence-corrected chi connectivity index (χ0v) is 8.97. The monoisotopic (exact) mass is 221 g/mol. The summed E-state index contributed by atoms with van der Waals surface area (Å²) in [5.41, 5.74) is 1.32. The van der Waals surface area contributed by atoms with Crippen molar-refractivity contribution in [1.82, 2.24) is 25.0 Å². The molecule has 0 amide bonds. The molecule has 0 aliphatic heterocycles. The standard InChI is InChI=1S/C9H11N5O2/c1-3-16-9(15)8-7(11-13-12-8)6-4-10-5-14(6)2/h4-5H,3H2,1-2H3,(H,11,12,13). The van der Waals surface area contributed by atoms with E-state index in [0.717, 1.165) is 0 Å². The van der Waals surface area contributed by atoms with E-state index in [-0.39, 0.29) is 5.69 Å². The summed E-state index contributed by atoms with van der Waals surface area (Å²) in [6.45, 7) is 2.04. The Morgan fingerprint density at radius 1 is 1.56 bits per heavy atom. The van der Waals surface area contributed by atoms with Gasteiger partial charge >= 0.3 is 5.97 Å². The smallest absolute Gasteiger partial charge is 0.361 e. The first-order chi connectivity index (χ1) is 7.74. The lowest BCUT2D eigenvalue weighted by molar-refractivity contribution is 0.0520. The van der Waals surface area contributed by atoms with E-state index in [1.807, 2.05) is 7.05 Å². The van der Waals surface area contributed by atoms with Gasteiger partial charge in [0.15, 0.2) is 5.69 Å². The average molecular weight is 221 g/mol. The van der Waals surface area contributed by atoms with Crippen LogP contribution < -0.4 is 0 Å². The summed E-state index contributed by atoms with van der Waals surface area (Å²) in [6.07, 6.45) is 3.24. The molecule has 84 valence electrons. The number of nitrogens with one attached hydrogen (secondary N) is 1. The number of aromatic nitrogens is 5. The first kappa shape index (κ1) is 10.3. The molecule has 0 aliphatic carbocycles. The summed E-state index contributed by atoms with van der Waals surface area (Å²) in [6, 6.07) is 0. The van der Waals surface area contributed by atoms with Gasteiger partial charge in [-0.15, -0.1) is 5.10 Å². The number of H-pyrrole nitrogens is 1.